The van der Waals surface area contributed by atoms with E-state index in [0.29, 0.717) is 18.5 Å². The second-order valence-electron chi connectivity index (χ2n) is 6.51. The molecule has 3 rings (SSSR count). The van der Waals surface area contributed by atoms with E-state index in [4.69, 9.17) is 5.73 Å². The number of nitrogens with two attached hydrogens (primary N) is 1. The van der Waals surface area contributed by atoms with E-state index < -0.39 is 0 Å². The third-order valence-corrected chi connectivity index (χ3v) is 5.26. The van der Waals surface area contributed by atoms with E-state index in [1.165, 1.54) is 12.8 Å². The lowest BCUT2D eigenvalue weighted by Crippen LogP contribution is -2.45. The number of aromatic nitrogens is 2. The fourth-order valence-corrected chi connectivity index (χ4v) is 4.06. The van der Waals surface area contributed by atoms with Crippen LogP contribution in [0.1, 0.15) is 51.0 Å². The van der Waals surface area contributed by atoms with Crippen LogP contribution < -0.4 is 11.1 Å². The normalized spacial score (nSPS) is 33.0. The molecule has 0 saturated heterocycles. The Hall–Kier alpha value is -1.36. The summed E-state index contributed by atoms with van der Waals surface area (Å²) in [6, 6.07) is 0.600. The first-order valence-electron chi connectivity index (χ1n) is 8.27. The minimum absolute atomic E-state index is 0.118. The first kappa shape index (κ1) is 14.6. The molecule has 2 saturated carbocycles. The molecule has 2 aliphatic carbocycles. The fraction of sp³-hybridized carbons (Fsp3) is 0.750. The smallest absolute Gasteiger partial charge is 0.223 e. The molecular weight excluding hydrogens is 264 g/mol. The second-order valence-corrected chi connectivity index (χ2v) is 6.51. The second kappa shape index (κ2) is 6.60. The van der Waals surface area contributed by atoms with Crippen LogP contribution in [0, 0.1) is 11.8 Å². The number of carbonyl (C=O) groups is 1. The predicted molar refractivity (Wildman–Crippen MR) is 81.5 cm³/mol. The summed E-state index contributed by atoms with van der Waals surface area (Å²) in [7, 11) is 0. The minimum atomic E-state index is 0.118. The molecule has 1 aromatic heterocycles. The summed E-state index contributed by atoms with van der Waals surface area (Å²) >= 11 is 0. The molecule has 4 unspecified atom stereocenters. The van der Waals surface area contributed by atoms with Crippen LogP contribution in [-0.4, -0.2) is 28.0 Å². The van der Waals surface area contributed by atoms with Crippen LogP contribution in [0.5, 0.6) is 0 Å². The number of carbonyl (C=O) groups excluding carboxylic acids is 1. The summed E-state index contributed by atoms with van der Waals surface area (Å²) in [6.45, 7) is 0.633. The van der Waals surface area contributed by atoms with E-state index in [9.17, 15) is 4.79 Å². The Morgan fingerprint density at radius 2 is 2.10 bits per heavy atom. The van der Waals surface area contributed by atoms with Crippen molar-refractivity contribution in [3.8, 4) is 0 Å². The van der Waals surface area contributed by atoms with E-state index in [1.54, 1.807) is 0 Å². The molecule has 3 N–H and O–H groups in total. The first-order chi connectivity index (χ1) is 10.3. The van der Waals surface area contributed by atoms with Gasteiger partial charge in [-0.05, 0) is 44.6 Å². The van der Waals surface area contributed by atoms with E-state index in [-0.39, 0.29) is 17.9 Å². The number of amides is 1. The Kier molecular flexibility index (Phi) is 4.58. The highest BCUT2D eigenvalue weighted by Gasteiger charge is 2.34. The van der Waals surface area contributed by atoms with Crippen molar-refractivity contribution in [2.24, 2.45) is 17.6 Å². The van der Waals surface area contributed by atoms with Crippen LogP contribution in [0.4, 0.5) is 0 Å². The number of hydrogen-bond acceptors (Lipinski definition) is 3. The number of hydrogen-bond donors (Lipinski definition) is 2. The van der Waals surface area contributed by atoms with Crippen molar-refractivity contribution in [1.82, 2.24) is 14.9 Å². The monoisotopic (exact) mass is 290 g/mol. The molecule has 1 heterocycles. The molecule has 5 nitrogen and oxygen atoms in total. The van der Waals surface area contributed by atoms with Crippen molar-refractivity contribution in [3.63, 3.8) is 0 Å². The van der Waals surface area contributed by atoms with Crippen LogP contribution in [0.25, 0.3) is 0 Å². The van der Waals surface area contributed by atoms with Gasteiger partial charge in [0.15, 0.2) is 0 Å². The lowest BCUT2D eigenvalue weighted by molar-refractivity contribution is -0.128. The Morgan fingerprint density at radius 1 is 1.24 bits per heavy atom. The molecule has 0 aromatic carbocycles. The largest absolute Gasteiger partial charge is 0.351 e. The van der Waals surface area contributed by atoms with Crippen LogP contribution in [0.15, 0.2) is 18.7 Å². The minimum Gasteiger partial charge on any atom is -0.351 e. The maximum atomic E-state index is 12.6. The molecule has 0 radical (unpaired) electrons. The zero-order valence-corrected chi connectivity index (χ0v) is 12.6. The lowest BCUT2D eigenvalue weighted by atomic mass is 9.78. The van der Waals surface area contributed by atoms with Gasteiger partial charge in [0.2, 0.25) is 5.91 Å². The van der Waals surface area contributed by atoms with E-state index >= 15 is 0 Å². The average Bonchev–Trinajstić information content (AvgIpc) is 3.17. The maximum Gasteiger partial charge on any atom is 0.223 e. The van der Waals surface area contributed by atoms with Gasteiger partial charge < -0.3 is 15.6 Å². The molecule has 0 bridgehead atoms. The predicted octanol–water partition coefficient (Wildman–Crippen LogP) is 1.86. The Morgan fingerprint density at radius 3 is 2.86 bits per heavy atom. The zero-order valence-electron chi connectivity index (χ0n) is 12.6. The molecule has 21 heavy (non-hydrogen) atoms. The van der Waals surface area contributed by atoms with Crippen molar-refractivity contribution in [1.29, 1.82) is 0 Å². The van der Waals surface area contributed by atoms with Crippen LogP contribution in [0.2, 0.25) is 0 Å². The molecule has 1 aromatic rings. The summed E-state index contributed by atoms with van der Waals surface area (Å²) in [4.78, 5) is 16.8. The standard InChI is InChI=1S/C16H26N4O/c17-10-12-4-1-2-5-13(12)16(21)19-14-6-3-7-15(14)20-9-8-18-11-20/h8-9,11-15H,1-7,10,17H2,(H,19,21). The average molecular weight is 290 g/mol. The van der Waals surface area contributed by atoms with E-state index in [2.05, 4.69) is 14.9 Å². The SMILES string of the molecule is NCC1CCCCC1C(=O)NC1CCCC1n1ccnc1. The molecular formula is C16H26N4O. The van der Waals surface area contributed by atoms with Crippen LogP contribution in [-0.2, 0) is 4.79 Å². The molecule has 2 aliphatic rings. The Bertz CT molecular complexity index is 459. The summed E-state index contributed by atoms with van der Waals surface area (Å²) in [5.41, 5.74) is 5.85. The van der Waals surface area contributed by atoms with Gasteiger partial charge in [-0.3, -0.25) is 4.79 Å². The van der Waals surface area contributed by atoms with Crippen molar-refractivity contribution >= 4 is 5.91 Å². The van der Waals surface area contributed by atoms with Crippen LogP contribution in [0.3, 0.4) is 0 Å². The van der Waals surface area contributed by atoms with Gasteiger partial charge in [-0.15, -0.1) is 0 Å². The topological polar surface area (TPSA) is 72.9 Å². The molecule has 1 amide bonds. The molecule has 116 valence electrons. The van der Waals surface area contributed by atoms with Gasteiger partial charge in [0.25, 0.3) is 0 Å². The zero-order chi connectivity index (χ0) is 14.7. The third kappa shape index (κ3) is 3.12. The molecule has 5 heteroatoms. The third-order valence-electron chi connectivity index (χ3n) is 5.26. The highest BCUT2D eigenvalue weighted by Crippen LogP contribution is 2.33. The van der Waals surface area contributed by atoms with Gasteiger partial charge in [-0.25, -0.2) is 4.98 Å². The number of nitrogens with one attached hydrogen (secondary N) is 1. The van der Waals surface area contributed by atoms with E-state index in [1.807, 2.05) is 18.7 Å². The van der Waals surface area contributed by atoms with Gasteiger partial charge in [-0.2, -0.15) is 0 Å². The van der Waals surface area contributed by atoms with Crippen molar-refractivity contribution in [2.45, 2.75) is 57.0 Å². The first-order valence-corrected chi connectivity index (χ1v) is 8.27. The summed E-state index contributed by atoms with van der Waals surface area (Å²) in [6.07, 6.45) is 13.5. The summed E-state index contributed by atoms with van der Waals surface area (Å²) in [5.74, 6) is 0.710. The number of imidazole rings is 1. The lowest BCUT2D eigenvalue weighted by Gasteiger charge is -2.31. The quantitative estimate of drug-likeness (QED) is 0.889. The summed E-state index contributed by atoms with van der Waals surface area (Å²) < 4.78 is 2.14. The van der Waals surface area contributed by atoms with Crippen molar-refractivity contribution in [3.05, 3.63) is 18.7 Å². The number of nitrogens with zero attached hydrogens (tertiary/aromatic N) is 2. The fourth-order valence-electron chi connectivity index (χ4n) is 4.06. The molecule has 4 atom stereocenters. The summed E-state index contributed by atoms with van der Waals surface area (Å²) in [5, 5.41) is 3.31. The highest BCUT2D eigenvalue weighted by molar-refractivity contribution is 5.79. The maximum absolute atomic E-state index is 12.6. The highest BCUT2D eigenvalue weighted by atomic mass is 16.2. The number of rotatable bonds is 4. The Balaban J connectivity index is 1.63. The van der Waals surface area contributed by atoms with Gasteiger partial charge in [-0.1, -0.05) is 12.8 Å². The van der Waals surface area contributed by atoms with Gasteiger partial charge >= 0.3 is 0 Å². The van der Waals surface area contributed by atoms with Gasteiger partial charge in [0.1, 0.15) is 0 Å². The molecule has 0 aliphatic heterocycles. The molecule has 2 fully saturated rings. The van der Waals surface area contributed by atoms with Gasteiger partial charge in [0.05, 0.1) is 12.4 Å². The Labute approximate surface area is 126 Å². The van der Waals surface area contributed by atoms with Crippen molar-refractivity contribution < 1.29 is 4.79 Å². The van der Waals surface area contributed by atoms with Gasteiger partial charge in [0, 0.05) is 24.4 Å². The van der Waals surface area contributed by atoms with Crippen molar-refractivity contribution in [2.75, 3.05) is 6.54 Å². The van der Waals surface area contributed by atoms with Crippen LogP contribution >= 0.6 is 0 Å². The molecule has 0 spiro atoms. The van der Waals surface area contributed by atoms with E-state index in [0.717, 1.165) is 32.1 Å².